The number of anilines is 1. The Morgan fingerprint density at radius 1 is 1.19 bits per heavy atom. The van der Waals surface area contributed by atoms with Gasteiger partial charge in [0.25, 0.3) is 0 Å². The number of phenols is 1. The van der Waals surface area contributed by atoms with Gasteiger partial charge in [-0.2, -0.15) is 0 Å². The second-order valence-electron chi connectivity index (χ2n) is 4.66. The van der Waals surface area contributed by atoms with Crippen molar-refractivity contribution in [2.24, 2.45) is 5.16 Å². The molecule has 0 atom stereocenters. The first kappa shape index (κ1) is 14.6. The fourth-order valence-electron chi connectivity index (χ4n) is 1.91. The fourth-order valence-corrected chi connectivity index (χ4v) is 1.91. The number of hydrogen-bond acceptors (Lipinski definition) is 4. The molecule has 0 aromatic heterocycles. The Bertz CT molecular complexity index is 663. The zero-order chi connectivity index (χ0) is 15.2. The van der Waals surface area contributed by atoms with Gasteiger partial charge in [0.05, 0.1) is 12.1 Å². The summed E-state index contributed by atoms with van der Waals surface area (Å²) in [4.78, 5) is 11.9. The lowest BCUT2D eigenvalue weighted by atomic mass is 10.1. The first-order valence-electron chi connectivity index (χ1n) is 6.45. The minimum Gasteiger partial charge on any atom is -0.508 e. The van der Waals surface area contributed by atoms with Gasteiger partial charge in [-0.15, -0.1) is 0 Å². The summed E-state index contributed by atoms with van der Waals surface area (Å²) in [7, 11) is 0. The van der Waals surface area contributed by atoms with Crippen molar-refractivity contribution in [3.8, 4) is 5.75 Å². The van der Waals surface area contributed by atoms with E-state index in [1.807, 2.05) is 0 Å². The average Bonchev–Trinajstić information content (AvgIpc) is 2.47. The summed E-state index contributed by atoms with van der Waals surface area (Å²) in [6, 6.07) is 13.6. The molecule has 2 aromatic rings. The van der Waals surface area contributed by atoms with E-state index in [0.29, 0.717) is 11.4 Å². The minimum absolute atomic E-state index is 0.142. The molecule has 0 spiro atoms. The number of nitrogens with one attached hydrogen (secondary N) is 1. The lowest BCUT2D eigenvalue weighted by molar-refractivity contribution is -0.115. The maximum atomic E-state index is 11.9. The lowest BCUT2D eigenvalue weighted by Gasteiger charge is -2.06. The molecule has 0 aliphatic rings. The van der Waals surface area contributed by atoms with Crippen LogP contribution in [0.4, 0.5) is 5.69 Å². The normalized spacial score (nSPS) is 11.2. The molecule has 2 rings (SSSR count). The quantitative estimate of drug-likeness (QED) is 0.458. The Hall–Kier alpha value is -2.82. The van der Waals surface area contributed by atoms with Gasteiger partial charge in [0.1, 0.15) is 5.75 Å². The van der Waals surface area contributed by atoms with Crippen molar-refractivity contribution >= 4 is 17.3 Å². The van der Waals surface area contributed by atoms with E-state index in [1.165, 1.54) is 0 Å². The number of amides is 1. The van der Waals surface area contributed by atoms with Gasteiger partial charge >= 0.3 is 0 Å². The molecule has 3 N–H and O–H groups in total. The molecule has 5 heteroatoms. The number of benzene rings is 2. The van der Waals surface area contributed by atoms with E-state index < -0.39 is 0 Å². The number of hydrogen-bond donors (Lipinski definition) is 3. The highest BCUT2D eigenvalue weighted by Gasteiger charge is 2.05. The van der Waals surface area contributed by atoms with Crippen molar-refractivity contribution < 1.29 is 15.1 Å². The van der Waals surface area contributed by atoms with Crippen LogP contribution in [0, 0.1) is 0 Å². The van der Waals surface area contributed by atoms with Gasteiger partial charge in [-0.1, -0.05) is 29.4 Å². The molecule has 1 amide bonds. The van der Waals surface area contributed by atoms with Gasteiger partial charge in [-0.3, -0.25) is 4.79 Å². The van der Waals surface area contributed by atoms with Crippen LogP contribution in [0.2, 0.25) is 0 Å². The second-order valence-corrected chi connectivity index (χ2v) is 4.66. The number of phenolic OH excluding ortho intramolecular Hbond substituents is 1. The third kappa shape index (κ3) is 4.07. The molecule has 108 valence electrons. The number of aromatic hydroxyl groups is 1. The summed E-state index contributed by atoms with van der Waals surface area (Å²) in [6.45, 7) is 1.69. The van der Waals surface area contributed by atoms with Crippen LogP contribution in [-0.4, -0.2) is 21.9 Å². The Morgan fingerprint density at radius 3 is 2.52 bits per heavy atom. The van der Waals surface area contributed by atoms with E-state index in [4.69, 9.17) is 5.21 Å². The Labute approximate surface area is 122 Å². The Balaban J connectivity index is 2.00. The molecule has 0 aliphatic heterocycles. The van der Waals surface area contributed by atoms with E-state index in [-0.39, 0.29) is 18.1 Å². The summed E-state index contributed by atoms with van der Waals surface area (Å²) in [5.41, 5.74) is 2.69. The summed E-state index contributed by atoms with van der Waals surface area (Å²) in [6.07, 6.45) is 0.188. The molecule has 0 radical (unpaired) electrons. The van der Waals surface area contributed by atoms with Crippen LogP contribution in [0.15, 0.2) is 53.7 Å². The summed E-state index contributed by atoms with van der Waals surface area (Å²) in [5.74, 6) is -0.0238. The van der Waals surface area contributed by atoms with Gasteiger partial charge < -0.3 is 15.6 Å². The van der Waals surface area contributed by atoms with Crippen LogP contribution in [0.25, 0.3) is 0 Å². The van der Waals surface area contributed by atoms with Crippen molar-refractivity contribution in [2.75, 3.05) is 5.32 Å². The second kappa shape index (κ2) is 6.56. The van der Waals surface area contributed by atoms with Gasteiger partial charge in [0.2, 0.25) is 5.91 Å². The van der Waals surface area contributed by atoms with E-state index in [2.05, 4.69) is 10.5 Å². The van der Waals surface area contributed by atoms with Gasteiger partial charge in [-0.25, -0.2) is 0 Å². The molecule has 0 aliphatic carbocycles. The van der Waals surface area contributed by atoms with Crippen molar-refractivity contribution in [3.63, 3.8) is 0 Å². The van der Waals surface area contributed by atoms with Crippen LogP contribution in [0.3, 0.4) is 0 Å². The SMILES string of the molecule is CC(=NO)c1ccc(NC(=O)Cc2cccc(O)c2)cc1. The monoisotopic (exact) mass is 284 g/mol. The van der Waals surface area contributed by atoms with E-state index in [9.17, 15) is 9.90 Å². The van der Waals surface area contributed by atoms with Crippen LogP contribution in [0.1, 0.15) is 18.1 Å². The molecule has 0 unspecified atom stereocenters. The van der Waals surface area contributed by atoms with Crippen molar-refractivity contribution in [3.05, 3.63) is 59.7 Å². The van der Waals surface area contributed by atoms with Gasteiger partial charge in [-0.05, 0) is 42.3 Å². The van der Waals surface area contributed by atoms with Crippen molar-refractivity contribution in [2.45, 2.75) is 13.3 Å². The van der Waals surface area contributed by atoms with Crippen LogP contribution in [-0.2, 0) is 11.2 Å². The van der Waals surface area contributed by atoms with Gasteiger partial charge in [0.15, 0.2) is 0 Å². The van der Waals surface area contributed by atoms with Crippen molar-refractivity contribution in [1.29, 1.82) is 0 Å². The summed E-state index contributed by atoms with van der Waals surface area (Å²) < 4.78 is 0. The number of nitrogens with zero attached hydrogens (tertiary/aromatic N) is 1. The highest BCUT2D eigenvalue weighted by atomic mass is 16.4. The highest BCUT2D eigenvalue weighted by Crippen LogP contribution is 2.14. The zero-order valence-electron chi connectivity index (χ0n) is 11.6. The summed E-state index contributed by atoms with van der Waals surface area (Å²) in [5, 5.41) is 23.9. The van der Waals surface area contributed by atoms with Crippen LogP contribution >= 0.6 is 0 Å². The first-order chi connectivity index (χ1) is 10.1. The van der Waals surface area contributed by atoms with E-state index >= 15 is 0 Å². The predicted molar refractivity (Wildman–Crippen MR) is 80.9 cm³/mol. The smallest absolute Gasteiger partial charge is 0.228 e. The molecule has 0 saturated carbocycles. The lowest BCUT2D eigenvalue weighted by Crippen LogP contribution is -2.14. The van der Waals surface area contributed by atoms with E-state index in [0.717, 1.165) is 11.1 Å². The molecule has 0 fully saturated rings. The van der Waals surface area contributed by atoms with Gasteiger partial charge in [0, 0.05) is 5.69 Å². The Kier molecular flexibility index (Phi) is 4.56. The average molecular weight is 284 g/mol. The predicted octanol–water partition coefficient (Wildman–Crippen LogP) is 2.77. The molecule has 0 saturated heterocycles. The molecule has 21 heavy (non-hydrogen) atoms. The molecular weight excluding hydrogens is 268 g/mol. The third-order valence-corrected chi connectivity index (χ3v) is 3.01. The Morgan fingerprint density at radius 2 is 1.90 bits per heavy atom. The van der Waals surface area contributed by atoms with E-state index in [1.54, 1.807) is 55.5 Å². The fraction of sp³-hybridized carbons (Fsp3) is 0.125. The summed E-state index contributed by atoms with van der Waals surface area (Å²) >= 11 is 0. The molecule has 2 aromatic carbocycles. The van der Waals surface area contributed by atoms with Crippen LogP contribution < -0.4 is 5.32 Å². The number of carbonyl (C=O) groups excluding carboxylic acids is 1. The number of oxime groups is 1. The largest absolute Gasteiger partial charge is 0.508 e. The number of carbonyl (C=O) groups is 1. The first-order valence-corrected chi connectivity index (χ1v) is 6.45. The van der Waals surface area contributed by atoms with Crippen molar-refractivity contribution in [1.82, 2.24) is 0 Å². The maximum Gasteiger partial charge on any atom is 0.228 e. The van der Waals surface area contributed by atoms with Crippen LogP contribution in [0.5, 0.6) is 5.75 Å². The number of rotatable bonds is 4. The highest BCUT2D eigenvalue weighted by molar-refractivity contribution is 5.99. The molecule has 0 bridgehead atoms. The minimum atomic E-state index is -0.166. The molecule has 5 nitrogen and oxygen atoms in total. The zero-order valence-corrected chi connectivity index (χ0v) is 11.6. The maximum absolute atomic E-state index is 11.9. The molecule has 0 heterocycles. The topological polar surface area (TPSA) is 81.9 Å². The standard InChI is InChI=1S/C16H16N2O3/c1-11(18-21)13-5-7-14(8-6-13)17-16(20)10-12-3-2-4-15(19)9-12/h2-9,19,21H,10H2,1H3,(H,17,20). The molecular formula is C16H16N2O3. The third-order valence-electron chi connectivity index (χ3n) is 3.01.